The molecule has 0 aliphatic rings. The van der Waals surface area contributed by atoms with Crippen molar-refractivity contribution in [2.45, 2.75) is 46.1 Å². The summed E-state index contributed by atoms with van der Waals surface area (Å²) in [7, 11) is 0. The third-order valence-electron chi connectivity index (χ3n) is 3.48. The molecule has 0 radical (unpaired) electrons. The number of carbonyl (C=O) groups excluding carboxylic acids is 2. The highest BCUT2D eigenvalue weighted by Crippen LogP contribution is 2.18. The molecule has 0 bridgehead atoms. The lowest BCUT2D eigenvalue weighted by atomic mass is 10.1. The van der Waals surface area contributed by atoms with E-state index in [2.05, 4.69) is 0 Å². The number of aromatic nitrogens is 1. The second kappa shape index (κ2) is 8.01. The van der Waals surface area contributed by atoms with Crippen LogP contribution in [-0.4, -0.2) is 28.8 Å². The number of nitrogens with zero attached hydrogens (tertiary/aromatic N) is 1. The van der Waals surface area contributed by atoms with Gasteiger partial charge in [-0.25, -0.2) is 4.79 Å². The van der Waals surface area contributed by atoms with E-state index in [1.807, 2.05) is 57.2 Å². The summed E-state index contributed by atoms with van der Waals surface area (Å²) in [5, 5.41) is 0. The molecule has 1 aromatic heterocycles. The molecule has 1 heterocycles. The van der Waals surface area contributed by atoms with E-state index in [0.717, 1.165) is 11.3 Å². The number of esters is 1. The van der Waals surface area contributed by atoms with Crippen molar-refractivity contribution in [2.75, 3.05) is 6.61 Å². The zero-order valence-electron chi connectivity index (χ0n) is 15.2. The molecule has 0 unspecified atom stereocenters. The van der Waals surface area contributed by atoms with Crippen molar-refractivity contribution in [1.29, 1.82) is 0 Å². The van der Waals surface area contributed by atoms with Gasteiger partial charge in [0.2, 0.25) is 0 Å². The van der Waals surface area contributed by atoms with Crippen LogP contribution >= 0.6 is 0 Å². The second-order valence-electron chi connectivity index (χ2n) is 6.78. The van der Waals surface area contributed by atoms with Crippen molar-refractivity contribution in [3.63, 3.8) is 0 Å². The highest BCUT2D eigenvalue weighted by molar-refractivity contribution is 5.77. The van der Waals surface area contributed by atoms with Crippen LogP contribution in [0.1, 0.15) is 44.6 Å². The summed E-state index contributed by atoms with van der Waals surface area (Å²) in [6.07, 6.45) is 0.118. The van der Waals surface area contributed by atoms with Gasteiger partial charge in [0, 0.05) is 17.8 Å². The Morgan fingerprint density at radius 3 is 2.24 bits per heavy atom. The number of hydrogen-bond donors (Lipinski definition) is 0. The summed E-state index contributed by atoms with van der Waals surface area (Å²) in [6.45, 7) is 7.51. The van der Waals surface area contributed by atoms with Crippen LogP contribution in [-0.2, 0) is 27.1 Å². The number of benzene rings is 1. The highest BCUT2D eigenvalue weighted by atomic mass is 16.6. The minimum Gasteiger partial charge on any atom is -0.466 e. The first-order valence-electron chi connectivity index (χ1n) is 8.42. The Labute approximate surface area is 148 Å². The fourth-order valence-corrected chi connectivity index (χ4v) is 2.51. The van der Waals surface area contributed by atoms with Crippen molar-refractivity contribution in [3.05, 3.63) is 59.4 Å². The maximum atomic E-state index is 12.7. The summed E-state index contributed by atoms with van der Waals surface area (Å²) in [4.78, 5) is 24.5. The van der Waals surface area contributed by atoms with Gasteiger partial charge in [0.15, 0.2) is 0 Å². The maximum Gasteiger partial charge on any atom is 0.418 e. The monoisotopic (exact) mass is 343 g/mol. The molecule has 134 valence electrons. The van der Waals surface area contributed by atoms with Gasteiger partial charge in [-0.05, 0) is 45.4 Å². The van der Waals surface area contributed by atoms with Crippen LogP contribution in [0.15, 0.2) is 42.5 Å². The van der Waals surface area contributed by atoms with Crippen LogP contribution in [0.2, 0.25) is 0 Å². The van der Waals surface area contributed by atoms with Gasteiger partial charge in [-0.1, -0.05) is 30.3 Å². The van der Waals surface area contributed by atoms with Crippen LogP contribution in [0, 0.1) is 0 Å². The minimum atomic E-state index is -0.618. The minimum absolute atomic E-state index is 0.0296. The molecule has 0 fully saturated rings. The second-order valence-corrected chi connectivity index (χ2v) is 6.78. The number of carbonyl (C=O) groups is 2. The molecule has 2 rings (SSSR count). The fraction of sp³-hybridized carbons (Fsp3) is 0.400. The predicted molar refractivity (Wildman–Crippen MR) is 95.6 cm³/mol. The Morgan fingerprint density at radius 1 is 1.00 bits per heavy atom. The zero-order valence-corrected chi connectivity index (χ0v) is 15.2. The van der Waals surface area contributed by atoms with Gasteiger partial charge in [-0.2, -0.15) is 0 Å². The largest absolute Gasteiger partial charge is 0.466 e. The average molecular weight is 343 g/mol. The van der Waals surface area contributed by atoms with E-state index in [9.17, 15) is 9.59 Å². The third kappa shape index (κ3) is 5.48. The molecule has 0 saturated carbocycles. The molecule has 5 heteroatoms. The predicted octanol–water partition coefficient (Wildman–Crippen LogP) is 3.97. The number of hydrogen-bond acceptors (Lipinski definition) is 4. The SMILES string of the molecule is CCOC(=O)Cc1ccc(Cc2ccccc2)n1C(=O)OC(C)(C)C. The van der Waals surface area contributed by atoms with Crippen molar-refractivity contribution >= 4 is 12.1 Å². The van der Waals surface area contributed by atoms with Gasteiger partial charge in [-0.3, -0.25) is 9.36 Å². The molecule has 5 nitrogen and oxygen atoms in total. The lowest BCUT2D eigenvalue weighted by Crippen LogP contribution is -2.29. The molecule has 0 N–H and O–H groups in total. The number of rotatable bonds is 5. The van der Waals surface area contributed by atoms with Gasteiger partial charge in [0.1, 0.15) is 5.60 Å². The first-order chi connectivity index (χ1) is 11.8. The quantitative estimate of drug-likeness (QED) is 0.771. The Kier molecular flexibility index (Phi) is 6.02. The van der Waals surface area contributed by atoms with Crippen LogP contribution in [0.25, 0.3) is 0 Å². The van der Waals surface area contributed by atoms with E-state index >= 15 is 0 Å². The summed E-state index contributed by atoms with van der Waals surface area (Å²) >= 11 is 0. The first-order valence-corrected chi connectivity index (χ1v) is 8.42. The van der Waals surface area contributed by atoms with E-state index in [-0.39, 0.29) is 12.4 Å². The molecule has 25 heavy (non-hydrogen) atoms. The lowest BCUT2D eigenvalue weighted by Gasteiger charge is -2.21. The summed E-state index contributed by atoms with van der Waals surface area (Å²) in [6, 6.07) is 13.5. The van der Waals surface area contributed by atoms with Gasteiger partial charge in [0.25, 0.3) is 0 Å². The van der Waals surface area contributed by atoms with Gasteiger partial charge < -0.3 is 9.47 Å². The van der Waals surface area contributed by atoms with E-state index in [1.54, 1.807) is 13.0 Å². The molecule has 0 atom stereocenters. The van der Waals surface area contributed by atoms with Crippen LogP contribution in [0.4, 0.5) is 4.79 Å². The van der Waals surface area contributed by atoms with Crippen LogP contribution < -0.4 is 0 Å². The van der Waals surface area contributed by atoms with E-state index < -0.39 is 11.7 Å². The lowest BCUT2D eigenvalue weighted by molar-refractivity contribution is -0.142. The average Bonchev–Trinajstić information content (AvgIpc) is 2.89. The Balaban J connectivity index is 2.33. The molecule has 0 saturated heterocycles. The summed E-state index contributed by atoms with van der Waals surface area (Å²) in [5.41, 5.74) is 1.80. The molecular formula is C20H25NO4. The topological polar surface area (TPSA) is 57.5 Å². The molecule has 2 aromatic rings. The molecule has 0 amide bonds. The summed E-state index contributed by atoms with van der Waals surface area (Å²) < 4.78 is 12.0. The standard InChI is InChI=1S/C20H25NO4/c1-5-24-18(22)14-17-12-11-16(13-15-9-7-6-8-10-15)21(17)19(23)25-20(2,3)4/h6-12H,5,13-14H2,1-4H3. The van der Waals surface area contributed by atoms with Gasteiger partial charge >= 0.3 is 12.1 Å². The van der Waals surface area contributed by atoms with Crippen molar-refractivity contribution in [1.82, 2.24) is 4.57 Å². The Hall–Kier alpha value is -2.56. The number of ether oxygens (including phenoxy) is 2. The zero-order chi connectivity index (χ0) is 18.4. The van der Waals surface area contributed by atoms with E-state index in [4.69, 9.17) is 9.47 Å². The Morgan fingerprint density at radius 2 is 1.64 bits per heavy atom. The van der Waals surface area contributed by atoms with Gasteiger partial charge in [0.05, 0.1) is 13.0 Å². The molecule has 0 aliphatic heterocycles. The van der Waals surface area contributed by atoms with Crippen LogP contribution in [0.3, 0.4) is 0 Å². The van der Waals surface area contributed by atoms with Crippen LogP contribution in [0.5, 0.6) is 0 Å². The maximum absolute atomic E-state index is 12.7. The van der Waals surface area contributed by atoms with Gasteiger partial charge in [-0.15, -0.1) is 0 Å². The van der Waals surface area contributed by atoms with E-state index in [1.165, 1.54) is 4.57 Å². The molecular weight excluding hydrogens is 318 g/mol. The summed E-state index contributed by atoms with van der Waals surface area (Å²) in [5.74, 6) is -0.364. The fourth-order valence-electron chi connectivity index (χ4n) is 2.51. The Bertz CT molecular complexity index is 726. The highest BCUT2D eigenvalue weighted by Gasteiger charge is 2.23. The molecule has 0 spiro atoms. The normalized spacial score (nSPS) is 11.2. The van der Waals surface area contributed by atoms with E-state index in [0.29, 0.717) is 18.7 Å². The molecule has 1 aromatic carbocycles. The third-order valence-corrected chi connectivity index (χ3v) is 3.48. The molecule has 0 aliphatic carbocycles. The van der Waals surface area contributed by atoms with Crippen molar-refractivity contribution in [2.24, 2.45) is 0 Å². The van der Waals surface area contributed by atoms with Crippen molar-refractivity contribution in [3.8, 4) is 0 Å². The van der Waals surface area contributed by atoms with Crippen molar-refractivity contribution < 1.29 is 19.1 Å². The smallest absolute Gasteiger partial charge is 0.418 e. The first kappa shape index (κ1) is 18.8.